The number of hydrogen-bond acceptors (Lipinski definition) is 4. The van der Waals surface area contributed by atoms with Crippen LogP contribution in [0.15, 0.2) is 42.5 Å². The fourth-order valence-electron chi connectivity index (χ4n) is 1.80. The van der Waals surface area contributed by atoms with E-state index < -0.39 is 10.9 Å². The molecule has 0 bridgehead atoms. The van der Waals surface area contributed by atoms with Crippen molar-refractivity contribution in [1.82, 2.24) is 0 Å². The lowest BCUT2D eigenvalue weighted by molar-refractivity contribution is -0.384. The van der Waals surface area contributed by atoms with E-state index in [0.29, 0.717) is 11.4 Å². The number of carboxylic acids is 1. The Hall–Kier alpha value is -2.89. The number of aryl methyl sites for hydroxylation is 1. The van der Waals surface area contributed by atoms with Crippen LogP contribution < -0.4 is 5.32 Å². The summed E-state index contributed by atoms with van der Waals surface area (Å²) in [6.45, 7) is 1.77. The minimum Gasteiger partial charge on any atom is -0.478 e. The van der Waals surface area contributed by atoms with E-state index >= 15 is 0 Å². The van der Waals surface area contributed by atoms with E-state index in [0.717, 1.165) is 5.56 Å². The first-order valence-electron chi connectivity index (χ1n) is 5.82. The van der Waals surface area contributed by atoms with Crippen molar-refractivity contribution in [2.24, 2.45) is 0 Å². The normalized spacial score (nSPS) is 10.1. The molecule has 0 fully saturated rings. The van der Waals surface area contributed by atoms with E-state index in [9.17, 15) is 14.9 Å². The van der Waals surface area contributed by atoms with E-state index in [1.807, 2.05) is 0 Å². The molecule has 0 aliphatic heterocycles. The monoisotopic (exact) mass is 272 g/mol. The number of anilines is 2. The number of nitro groups is 1. The van der Waals surface area contributed by atoms with Gasteiger partial charge in [0.1, 0.15) is 0 Å². The van der Waals surface area contributed by atoms with Crippen LogP contribution >= 0.6 is 0 Å². The lowest BCUT2D eigenvalue weighted by Crippen LogP contribution is -1.97. The Morgan fingerprint density at radius 2 is 1.80 bits per heavy atom. The van der Waals surface area contributed by atoms with Gasteiger partial charge in [-0.2, -0.15) is 0 Å². The van der Waals surface area contributed by atoms with Gasteiger partial charge in [0, 0.05) is 23.5 Å². The molecule has 6 heteroatoms. The van der Waals surface area contributed by atoms with Crippen molar-refractivity contribution < 1.29 is 14.8 Å². The summed E-state index contributed by atoms with van der Waals surface area (Å²) in [4.78, 5) is 21.1. The number of aromatic carboxylic acids is 1. The molecule has 0 atom stereocenters. The molecule has 0 unspecified atom stereocenters. The Kier molecular flexibility index (Phi) is 3.65. The van der Waals surface area contributed by atoms with Crippen molar-refractivity contribution in [3.05, 3.63) is 63.7 Å². The first-order chi connectivity index (χ1) is 9.45. The van der Waals surface area contributed by atoms with E-state index in [2.05, 4.69) is 5.32 Å². The largest absolute Gasteiger partial charge is 0.478 e. The van der Waals surface area contributed by atoms with Crippen LogP contribution in [0.2, 0.25) is 0 Å². The van der Waals surface area contributed by atoms with E-state index in [1.54, 1.807) is 25.1 Å². The predicted octanol–water partition coefficient (Wildman–Crippen LogP) is 3.35. The molecule has 2 rings (SSSR count). The molecule has 0 saturated heterocycles. The predicted molar refractivity (Wildman–Crippen MR) is 74.5 cm³/mol. The summed E-state index contributed by atoms with van der Waals surface area (Å²) in [6, 6.07) is 10.8. The van der Waals surface area contributed by atoms with Crippen LogP contribution in [-0.4, -0.2) is 16.0 Å². The summed E-state index contributed by atoms with van der Waals surface area (Å²) >= 11 is 0. The number of carboxylic acid groups (broad SMARTS) is 1. The zero-order valence-electron chi connectivity index (χ0n) is 10.7. The molecule has 20 heavy (non-hydrogen) atoms. The van der Waals surface area contributed by atoms with Crippen LogP contribution in [0.1, 0.15) is 15.9 Å². The van der Waals surface area contributed by atoms with Gasteiger partial charge in [0.25, 0.3) is 5.69 Å². The lowest BCUT2D eigenvalue weighted by atomic mass is 10.1. The quantitative estimate of drug-likeness (QED) is 0.657. The summed E-state index contributed by atoms with van der Waals surface area (Å²) in [6.07, 6.45) is 0. The molecule has 0 heterocycles. The Balaban J connectivity index is 2.25. The van der Waals surface area contributed by atoms with Gasteiger partial charge < -0.3 is 10.4 Å². The van der Waals surface area contributed by atoms with E-state index in [4.69, 9.17) is 5.11 Å². The van der Waals surface area contributed by atoms with Crippen LogP contribution in [0.25, 0.3) is 0 Å². The molecule has 102 valence electrons. The zero-order chi connectivity index (χ0) is 14.7. The minimum atomic E-state index is -0.997. The number of nitro benzene ring substituents is 1. The van der Waals surface area contributed by atoms with Crippen LogP contribution in [0, 0.1) is 17.0 Å². The molecule has 2 N–H and O–H groups in total. The van der Waals surface area contributed by atoms with Crippen molar-refractivity contribution in [2.45, 2.75) is 6.92 Å². The number of carbonyl (C=O) groups is 1. The van der Waals surface area contributed by atoms with Gasteiger partial charge >= 0.3 is 5.97 Å². The van der Waals surface area contributed by atoms with Gasteiger partial charge in [-0.25, -0.2) is 4.79 Å². The first kappa shape index (κ1) is 13.5. The summed E-state index contributed by atoms with van der Waals surface area (Å²) in [5, 5.41) is 22.6. The van der Waals surface area contributed by atoms with Crippen molar-refractivity contribution in [3.8, 4) is 0 Å². The van der Waals surface area contributed by atoms with Crippen LogP contribution in [0.3, 0.4) is 0 Å². The number of nitrogens with one attached hydrogen (secondary N) is 1. The number of hydrogen-bond donors (Lipinski definition) is 2. The fraction of sp³-hybridized carbons (Fsp3) is 0.0714. The molecule has 0 aromatic heterocycles. The molecule has 0 aliphatic rings. The molecular formula is C14H12N2O4. The van der Waals surface area contributed by atoms with E-state index in [-0.39, 0.29) is 11.3 Å². The van der Waals surface area contributed by atoms with Gasteiger partial charge in [-0.15, -0.1) is 0 Å². The Morgan fingerprint density at radius 3 is 2.35 bits per heavy atom. The average Bonchev–Trinajstić information content (AvgIpc) is 2.38. The van der Waals surface area contributed by atoms with Gasteiger partial charge in [-0.1, -0.05) is 0 Å². The molecule has 0 radical (unpaired) electrons. The smallest absolute Gasteiger partial charge is 0.335 e. The van der Waals surface area contributed by atoms with Crippen LogP contribution in [0.5, 0.6) is 0 Å². The highest BCUT2D eigenvalue weighted by Gasteiger charge is 2.08. The minimum absolute atomic E-state index is 0.00894. The van der Waals surface area contributed by atoms with Crippen LogP contribution in [0.4, 0.5) is 17.1 Å². The summed E-state index contributed by atoms with van der Waals surface area (Å²) in [7, 11) is 0. The maximum Gasteiger partial charge on any atom is 0.335 e. The van der Waals surface area contributed by atoms with Gasteiger partial charge in [0.15, 0.2) is 0 Å². The number of benzene rings is 2. The molecule has 0 aliphatic carbocycles. The number of nitrogens with zero attached hydrogens (tertiary/aromatic N) is 1. The Bertz CT molecular complexity index is 665. The van der Waals surface area contributed by atoms with Gasteiger partial charge in [-0.3, -0.25) is 10.1 Å². The third kappa shape index (κ3) is 3.11. The molecule has 2 aromatic rings. The fourth-order valence-corrected chi connectivity index (χ4v) is 1.80. The molecule has 0 amide bonds. The second kappa shape index (κ2) is 5.40. The topological polar surface area (TPSA) is 92.5 Å². The van der Waals surface area contributed by atoms with Crippen LogP contribution in [-0.2, 0) is 0 Å². The zero-order valence-corrected chi connectivity index (χ0v) is 10.7. The van der Waals surface area contributed by atoms with Gasteiger partial charge in [0.2, 0.25) is 0 Å². The highest BCUT2D eigenvalue weighted by Crippen LogP contribution is 2.23. The third-order valence-corrected chi connectivity index (χ3v) is 2.69. The van der Waals surface area contributed by atoms with E-state index in [1.165, 1.54) is 24.3 Å². The third-order valence-electron chi connectivity index (χ3n) is 2.69. The molecular weight excluding hydrogens is 260 g/mol. The molecule has 2 aromatic carbocycles. The summed E-state index contributed by atoms with van der Waals surface area (Å²) in [5.74, 6) is -0.997. The maximum atomic E-state index is 10.8. The second-order valence-corrected chi connectivity index (χ2v) is 4.32. The Labute approximate surface area is 114 Å². The number of rotatable bonds is 4. The summed E-state index contributed by atoms with van der Waals surface area (Å²) in [5.41, 5.74) is 2.21. The number of non-ortho nitro benzene ring substituents is 1. The Morgan fingerprint density at radius 1 is 1.15 bits per heavy atom. The molecule has 6 nitrogen and oxygen atoms in total. The summed E-state index contributed by atoms with van der Waals surface area (Å²) < 4.78 is 0. The van der Waals surface area contributed by atoms with Crippen molar-refractivity contribution in [1.29, 1.82) is 0 Å². The standard InChI is InChI=1S/C14H12N2O4/c1-9-6-12(8-13(7-9)16(19)20)15-11-4-2-10(3-5-11)14(17)18/h2-8,15H,1H3,(H,17,18). The van der Waals surface area contributed by atoms with Crippen molar-refractivity contribution >= 4 is 23.0 Å². The second-order valence-electron chi connectivity index (χ2n) is 4.32. The van der Waals surface area contributed by atoms with Crippen molar-refractivity contribution in [3.63, 3.8) is 0 Å². The van der Waals surface area contributed by atoms with Gasteiger partial charge in [-0.05, 0) is 42.8 Å². The average molecular weight is 272 g/mol. The van der Waals surface area contributed by atoms with Crippen molar-refractivity contribution in [2.75, 3.05) is 5.32 Å². The first-order valence-corrected chi connectivity index (χ1v) is 5.82. The SMILES string of the molecule is Cc1cc(Nc2ccc(C(=O)O)cc2)cc([N+](=O)[O-])c1. The highest BCUT2D eigenvalue weighted by atomic mass is 16.6. The maximum absolute atomic E-state index is 10.8. The lowest BCUT2D eigenvalue weighted by Gasteiger charge is -2.07. The van der Waals surface area contributed by atoms with Gasteiger partial charge in [0.05, 0.1) is 10.5 Å². The highest BCUT2D eigenvalue weighted by molar-refractivity contribution is 5.88. The molecule has 0 spiro atoms. The molecule has 0 saturated carbocycles.